The van der Waals surface area contributed by atoms with Gasteiger partial charge in [-0.05, 0) is 24.1 Å². The third-order valence-electron chi connectivity index (χ3n) is 3.92. The van der Waals surface area contributed by atoms with Crippen molar-refractivity contribution in [3.05, 3.63) is 34.3 Å². The van der Waals surface area contributed by atoms with Crippen LogP contribution in [0.25, 0.3) is 0 Å². The van der Waals surface area contributed by atoms with Crippen molar-refractivity contribution in [2.75, 3.05) is 26.2 Å². The highest BCUT2D eigenvalue weighted by Gasteiger charge is 2.23. The quantitative estimate of drug-likeness (QED) is 0.824. The van der Waals surface area contributed by atoms with Crippen molar-refractivity contribution < 1.29 is 9.59 Å². The molecule has 4 nitrogen and oxygen atoms in total. The lowest BCUT2D eigenvalue weighted by atomic mass is 10.1. The van der Waals surface area contributed by atoms with Crippen LogP contribution in [0.5, 0.6) is 0 Å². The first kappa shape index (κ1) is 17.0. The van der Waals surface area contributed by atoms with E-state index in [0.29, 0.717) is 19.5 Å². The van der Waals surface area contributed by atoms with Gasteiger partial charge in [0.2, 0.25) is 11.8 Å². The van der Waals surface area contributed by atoms with E-state index >= 15 is 0 Å². The van der Waals surface area contributed by atoms with Gasteiger partial charge >= 0.3 is 0 Å². The Morgan fingerprint density at radius 2 is 1.64 bits per heavy atom. The summed E-state index contributed by atoms with van der Waals surface area (Å²) in [6, 6.07) is 7.84. The van der Waals surface area contributed by atoms with Crippen molar-refractivity contribution in [1.82, 2.24) is 9.80 Å². The molecule has 22 heavy (non-hydrogen) atoms. The number of nitrogens with zero attached hydrogens (tertiary/aromatic N) is 2. The molecule has 0 bridgehead atoms. The Hall–Kier alpha value is -1.36. The number of rotatable bonds is 3. The van der Waals surface area contributed by atoms with Gasteiger partial charge in [-0.3, -0.25) is 9.59 Å². The zero-order valence-electron chi connectivity index (χ0n) is 13.2. The topological polar surface area (TPSA) is 40.6 Å². The van der Waals surface area contributed by atoms with Crippen molar-refractivity contribution in [1.29, 1.82) is 0 Å². The number of amides is 2. The van der Waals surface area contributed by atoms with Crippen LogP contribution in [-0.2, 0) is 16.0 Å². The van der Waals surface area contributed by atoms with Crippen LogP contribution in [0, 0.1) is 5.92 Å². The zero-order valence-corrected chi connectivity index (χ0v) is 14.8. The highest BCUT2D eigenvalue weighted by Crippen LogP contribution is 2.13. The van der Waals surface area contributed by atoms with E-state index < -0.39 is 0 Å². The number of halogens is 1. The van der Waals surface area contributed by atoms with Crippen LogP contribution in [-0.4, -0.2) is 47.8 Å². The van der Waals surface area contributed by atoms with Crippen molar-refractivity contribution in [2.24, 2.45) is 5.92 Å². The molecule has 0 N–H and O–H groups in total. The predicted molar refractivity (Wildman–Crippen MR) is 90.5 cm³/mol. The molecule has 2 amide bonds. The molecule has 120 valence electrons. The normalized spacial score (nSPS) is 15.8. The highest BCUT2D eigenvalue weighted by molar-refractivity contribution is 9.10. The monoisotopic (exact) mass is 366 g/mol. The van der Waals surface area contributed by atoms with Crippen LogP contribution in [0.2, 0.25) is 0 Å². The molecule has 0 atom stereocenters. The summed E-state index contributed by atoms with van der Waals surface area (Å²) in [5.41, 5.74) is 1.02. The maximum atomic E-state index is 12.4. The van der Waals surface area contributed by atoms with Crippen LogP contribution in [0.4, 0.5) is 0 Å². The summed E-state index contributed by atoms with van der Waals surface area (Å²) in [6.07, 6.45) is 1.27. The fraction of sp³-hybridized carbons (Fsp3) is 0.529. The van der Waals surface area contributed by atoms with Crippen LogP contribution in [0.3, 0.4) is 0 Å². The lowest BCUT2D eigenvalue weighted by Crippen LogP contribution is -2.39. The van der Waals surface area contributed by atoms with E-state index in [4.69, 9.17) is 0 Å². The molecule has 0 aliphatic carbocycles. The first-order chi connectivity index (χ1) is 10.5. The van der Waals surface area contributed by atoms with Gasteiger partial charge in [0.25, 0.3) is 0 Å². The SMILES string of the molecule is CC(C)C(=O)N1CCCN(C(=O)Cc2ccc(Br)cc2)CC1. The van der Waals surface area contributed by atoms with Gasteiger partial charge in [-0.15, -0.1) is 0 Å². The van der Waals surface area contributed by atoms with Gasteiger partial charge in [-0.2, -0.15) is 0 Å². The van der Waals surface area contributed by atoms with E-state index in [-0.39, 0.29) is 17.7 Å². The Labute approximate surface area is 140 Å². The van der Waals surface area contributed by atoms with Crippen LogP contribution < -0.4 is 0 Å². The average molecular weight is 367 g/mol. The van der Waals surface area contributed by atoms with Crippen LogP contribution in [0.15, 0.2) is 28.7 Å². The molecule has 0 saturated carbocycles. The number of benzene rings is 1. The van der Waals surface area contributed by atoms with Gasteiger partial charge < -0.3 is 9.80 Å². The molecule has 1 fully saturated rings. The van der Waals surface area contributed by atoms with Gasteiger partial charge in [-0.1, -0.05) is 41.9 Å². The molecule has 0 aromatic heterocycles. The molecular formula is C17H23BrN2O2. The maximum absolute atomic E-state index is 12.4. The summed E-state index contributed by atoms with van der Waals surface area (Å²) in [4.78, 5) is 28.3. The molecule has 2 rings (SSSR count). The summed E-state index contributed by atoms with van der Waals surface area (Å²) < 4.78 is 1.02. The maximum Gasteiger partial charge on any atom is 0.227 e. The van der Waals surface area contributed by atoms with Crippen molar-refractivity contribution in [3.63, 3.8) is 0 Å². The van der Waals surface area contributed by atoms with E-state index in [9.17, 15) is 9.59 Å². The van der Waals surface area contributed by atoms with E-state index in [1.165, 1.54) is 0 Å². The minimum absolute atomic E-state index is 0.0185. The summed E-state index contributed by atoms with van der Waals surface area (Å²) in [7, 11) is 0. The van der Waals surface area contributed by atoms with Crippen LogP contribution >= 0.6 is 15.9 Å². The second-order valence-electron chi connectivity index (χ2n) is 6.02. The summed E-state index contributed by atoms with van der Waals surface area (Å²) >= 11 is 3.40. The molecular weight excluding hydrogens is 344 g/mol. The van der Waals surface area contributed by atoms with E-state index in [1.807, 2.05) is 47.9 Å². The number of hydrogen-bond donors (Lipinski definition) is 0. The number of carbonyl (C=O) groups excluding carboxylic acids is 2. The fourth-order valence-corrected chi connectivity index (χ4v) is 2.91. The second kappa shape index (κ2) is 7.77. The largest absolute Gasteiger partial charge is 0.341 e. The van der Waals surface area contributed by atoms with Gasteiger partial charge in [0.15, 0.2) is 0 Å². The summed E-state index contributed by atoms with van der Waals surface area (Å²) in [5, 5.41) is 0. The first-order valence-electron chi connectivity index (χ1n) is 7.78. The third-order valence-corrected chi connectivity index (χ3v) is 4.45. The fourth-order valence-electron chi connectivity index (χ4n) is 2.64. The van der Waals surface area contributed by atoms with Gasteiger partial charge in [-0.25, -0.2) is 0 Å². The molecule has 1 saturated heterocycles. The minimum Gasteiger partial charge on any atom is -0.341 e. The van der Waals surface area contributed by atoms with Crippen molar-refractivity contribution in [2.45, 2.75) is 26.7 Å². The lowest BCUT2D eigenvalue weighted by Gasteiger charge is -2.23. The molecule has 1 heterocycles. The van der Waals surface area contributed by atoms with Crippen molar-refractivity contribution >= 4 is 27.7 Å². The first-order valence-corrected chi connectivity index (χ1v) is 8.57. The Kier molecular flexibility index (Phi) is 6.00. The Morgan fingerprint density at radius 3 is 2.27 bits per heavy atom. The molecule has 0 spiro atoms. The minimum atomic E-state index is 0.0185. The van der Waals surface area contributed by atoms with E-state index in [2.05, 4.69) is 15.9 Å². The summed E-state index contributed by atoms with van der Waals surface area (Å²) in [5.74, 6) is 0.341. The molecule has 0 radical (unpaired) electrons. The molecule has 0 unspecified atom stereocenters. The van der Waals surface area contributed by atoms with Gasteiger partial charge in [0.1, 0.15) is 0 Å². The van der Waals surface area contributed by atoms with E-state index in [0.717, 1.165) is 29.5 Å². The lowest BCUT2D eigenvalue weighted by molar-refractivity contribution is -0.135. The Balaban J connectivity index is 1.91. The van der Waals surface area contributed by atoms with Crippen LogP contribution in [0.1, 0.15) is 25.8 Å². The van der Waals surface area contributed by atoms with Crippen molar-refractivity contribution in [3.8, 4) is 0 Å². The zero-order chi connectivity index (χ0) is 16.1. The Morgan fingerprint density at radius 1 is 1.05 bits per heavy atom. The smallest absolute Gasteiger partial charge is 0.227 e. The molecule has 1 aromatic rings. The van der Waals surface area contributed by atoms with Gasteiger partial charge in [0.05, 0.1) is 6.42 Å². The molecule has 5 heteroatoms. The number of hydrogen-bond acceptors (Lipinski definition) is 2. The second-order valence-corrected chi connectivity index (χ2v) is 6.93. The Bertz CT molecular complexity index is 528. The molecule has 1 aliphatic heterocycles. The predicted octanol–water partition coefficient (Wildman–Crippen LogP) is 2.71. The van der Waals surface area contributed by atoms with E-state index in [1.54, 1.807) is 0 Å². The average Bonchev–Trinajstić information content (AvgIpc) is 2.74. The summed E-state index contributed by atoms with van der Waals surface area (Å²) in [6.45, 7) is 6.60. The molecule has 1 aromatic carbocycles. The standard InChI is InChI=1S/C17H23BrN2O2/c1-13(2)17(22)20-9-3-8-19(10-11-20)16(21)12-14-4-6-15(18)7-5-14/h4-7,13H,3,8-12H2,1-2H3. The molecule has 1 aliphatic rings. The third kappa shape index (κ3) is 4.57. The highest BCUT2D eigenvalue weighted by atomic mass is 79.9. The van der Waals surface area contributed by atoms with Gasteiger partial charge in [0, 0.05) is 36.6 Å². The number of carbonyl (C=O) groups is 2.